The number of thioether (sulfide) groups is 1. The highest BCUT2D eigenvalue weighted by Gasteiger charge is 2.32. The summed E-state index contributed by atoms with van der Waals surface area (Å²) in [7, 11) is 0. The van der Waals surface area contributed by atoms with Crippen molar-refractivity contribution in [3.05, 3.63) is 10.6 Å². The lowest BCUT2D eigenvalue weighted by atomic mass is 10.3. The quantitative estimate of drug-likeness (QED) is 0.780. The smallest absolute Gasteiger partial charge is 0.370 e. The van der Waals surface area contributed by atoms with Crippen LogP contribution in [-0.2, 0) is 9.53 Å². The summed E-state index contributed by atoms with van der Waals surface area (Å²) >= 11 is 1.31. The first kappa shape index (κ1) is 15.2. The lowest BCUT2D eigenvalue weighted by Crippen LogP contribution is -2.40. The second-order valence-electron chi connectivity index (χ2n) is 3.88. The maximum absolute atomic E-state index is 11.9. The number of alkyl halides is 3. The fourth-order valence-electron chi connectivity index (χ4n) is 1.54. The molecular formula is C10H15F3N2O2S. The third kappa shape index (κ3) is 4.09. The molecular weight excluding hydrogens is 269 g/mol. The van der Waals surface area contributed by atoms with Crippen LogP contribution < -0.4 is 5.73 Å². The van der Waals surface area contributed by atoms with Gasteiger partial charge in [-0.1, -0.05) is 11.8 Å². The van der Waals surface area contributed by atoms with Crippen LogP contribution in [0.1, 0.15) is 13.8 Å². The summed E-state index contributed by atoms with van der Waals surface area (Å²) in [4.78, 5) is 13.8. The first-order valence-electron chi connectivity index (χ1n) is 5.27. The Bertz CT molecular complexity index is 358. The molecule has 0 aromatic rings. The number of nitrogens with zero attached hydrogens (tertiary/aromatic N) is 1. The second kappa shape index (κ2) is 5.83. The van der Waals surface area contributed by atoms with Gasteiger partial charge in [0.05, 0.1) is 6.61 Å². The molecule has 1 unspecified atom stereocenters. The standard InChI is InChI=1S/C10H15F3N2O2S/c1-6-7(2)18-9(8(14)16)15(6)3-4-17-5-10(11,12)13/h9H,3-5H2,1-2H3,(H2,14,16). The number of hydrogen-bond acceptors (Lipinski definition) is 4. The van der Waals surface area contributed by atoms with Crippen molar-refractivity contribution < 1.29 is 22.7 Å². The molecule has 1 heterocycles. The minimum atomic E-state index is -4.33. The molecule has 0 saturated carbocycles. The summed E-state index contributed by atoms with van der Waals surface area (Å²) in [5.41, 5.74) is 6.08. The zero-order chi connectivity index (χ0) is 13.9. The van der Waals surface area contributed by atoms with E-state index in [2.05, 4.69) is 4.74 Å². The number of carbonyl (C=O) groups is 1. The maximum atomic E-state index is 11.9. The lowest BCUT2D eigenvalue weighted by Gasteiger charge is -2.25. The number of hydrogen-bond donors (Lipinski definition) is 1. The molecule has 18 heavy (non-hydrogen) atoms. The monoisotopic (exact) mass is 284 g/mol. The topological polar surface area (TPSA) is 55.6 Å². The zero-order valence-electron chi connectivity index (χ0n) is 10.1. The van der Waals surface area contributed by atoms with Crippen LogP contribution in [0.4, 0.5) is 13.2 Å². The van der Waals surface area contributed by atoms with Crippen LogP contribution in [0.3, 0.4) is 0 Å². The minimum Gasteiger partial charge on any atom is -0.370 e. The highest BCUT2D eigenvalue weighted by atomic mass is 32.2. The van der Waals surface area contributed by atoms with E-state index in [1.807, 2.05) is 6.92 Å². The molecule has 0 bridgehead atoms. The van der Waals surface area contributed by atoms with E-state index in [4.69, 9.17) is 5.73 Å². The number of rotatable bonds is 5. The Balaban J connectivity index is 2.46. The molecule has 1 aliphatic heterocycles. The Morgan fingerprint density at radius 2 is 2.11 bits per heavy atom. The summed E-state index contributed by atoms with van der Waals surface area (Å²) in [5.74, 6) is -0.507. The van der Waals surface area contributed by atoms with Crippen molar-refractivity contribution in [2.24, 2.45) is 5.73 Å². The van der Waals surface area contributed by atoms with Gasteiger partial charge in [0.15, 0.2) is 5.37 Å². The van der Waals surface area contributed by atoms with E-state index in [9.17, 15) is 18.0 Å². The van der Waals surface area contributed by atoms with Crippen molar-refractivity contribution in [1.82, 2.24) is 4.90 Å². The Kier molecular flexibility index (Phi) is 4.92. The number of amides is 1. The van der Waals surface area contributed by atoms with Gasteiger partial charge >= 0.3 is 6.18 Å². The van der Waals surface area contributed by atoms with Crippen LogP contribution in [-0.4, -0.2) is 42.1 Å². The number of ether oxygens (including phenoxy) is 1. The average Bonchev–Trinajstić information content (AvgIpc) is 2.50. The summed E-state index contributed by atoms with van der Waals surface area (Å²) < 4.78 is 40.1. The fourth-order valence-corrected chi connectivity index (χ4v) is 2.67. The first-order valence-corrected chi connectivity index (χ1v) is 6.15. The van der Waals surface area contributed by atoms with Gasteiger partial charge in [0.25, 0.3) is 5.91 Å². The predicted molar refractivity (Wildman–Crippen MR) is 62.5 cm³/mol. The maximum Gasteiger partial charge on any atom is 0.411 e. The van der Waals surface area contributed by atoms with Crippen molar-refractivity contribution in [3.63, 3.8) is 0 Å². The van der Waals surface area contributed by atoms with E-state index in [1.54, 1.807) is 11.8 Å². The molecule has 8 heteroatoms. The van der Waals surface area contributed by atoms with Crippen molar-refractivity contribution in [3.8, 4) is 0 Å². The number of allylic oxidation sites excluding steroid dienone is 2. The Labute approximate surface area is 107 Å². The minimum absolute atomic E-state index is 0.103. The molecule has 1 atom stereocenters. The van der Waals surface area contributed by atoms with Gasteiger partial charge in [-0.25, -0.2) is 0 Å². The summed E-state index contributed by atoms with van der Waals surface area (Å²) in [6.07, 6.45) is -4.33. The van der Waals surface area contributed by atoms with Crippen molar-refractivity contribution >= 4 is 17.7 Å². The summed E-state index contributed by atoms with van der Waals surface area (Å²) in [6, 6.07) is 0. The second-order valence-corrected chi connectivity index (χ2v) is 5.17. The Morgan fingerprint density at radius 3 is 2.61 bits per heavy atom. The highest BCUT2D eigenvalue weighted by molar-refractivity contribution is 8.04. The van der Waals surface area contributed by atoms with Crippen LogP contribution in [0, 0.1) is 0 Å². The molecule has 1 aliphatic rings. The molecule has 0 radical (unpaired) electrons. The third-order valence-electron chi connectivity index (χ3n) is 2.50. The van der Waals surface area contributed by atoms with Gasteiger partial charge in [-0.2, -0.15) is 13.2 Å². The molecule has 2 N–H and O–H groups in total. The van der Waals surface area contributed by atoms with E-state index in [0.29, 0.717) is 0 Å². The molecule has 0 aromatic heterocycles. The molecule has 104 valence electrons. The van der Waals surface area contributed by atoms with Crippen LogP contribution in [0.5, 0.6) is 0 Å². The van der Waals surface area contributed by atoms with Gasteiger partial charge in [-0.3, -0.25) is 4.79 Å². The molecule has 0 fully saturated rings. The molecule has 0 saturated heterocycles. The molecule has 0 aromatic carbocycles. The van der Waals surface area contributed by atoms with Gasteiger partial charge in [-0.05, 0) is 13.8 Å². The Hall–Kier alpha value is -0.890. The van der Waals surface area contributed by atoms with E-state index in [1.165, 1.54) is 11.8 Å². The van der Waals surface area contributed by atoms with Crippen LogP contribution in [0.15, 0.2) is 10.6 Å². The van der Waals surface area contributed by atoms with Crippen LogP contribution in [0.2, 0.25) is 0 Å². The molecule has 0 aliphatic carbocycles. The number of primary amides is 1. The van der Waals surface area contributed by atoms with Crippen molar-refractivity contribution in [2.75, 3.05) is 19.8 Å². The van der Waals surface area contributed by atoms with E-state index >= 15 is 0 Å². The van der Waals surface area contributed by atoms with Gasteiger partial charge < -0.3 is 15.4 Å². The molecule has 1 amide bonds. The SMILES string of the molecule is CC1=C(C)N(CCOCC(F)(F)F)C(C(N)=O)S1. The zero-order valence-corrected chi connectivity index (χ0v) is 10.9. The van der Waals surface area contributed by atoms with E-state index in [0.717, 1.165) is 10.6 Å². The van der Waals surface area contributed by atoms with Crippen molar-refractivity contribution in [2.45, 2.75) is 25.4 Å². The predicted octanol–water partition coefficient (Wildman–Crippen LogP) is 1.68. The molecule has 4 nitrogen and oxygen atoms in total. The lowest BCUT2D eigenvalue weighted by molar-refractivity contribution is -0.174. The number of halogens is 3. The normalized spacial score (nSPS) is 20.7. The van der Waals surface area contributed by atoms with E-state index in [-0.39, 0.29) is 13.2 Å². The van der Waals surface area contributed by atoms with Crippen LogP contribution >= 0.6 is 11.8 Å². The molecule has 1 rings (SSSR count). The summed E-state index contributed by atoms with van der Waals surface area (Å²) in [6.45, 7) is 2.47. The first-order chi connectivity index (χ1) is 8.22. The molecule has 0 spiro atoms. The third-order valence-corrected chi connectivity index (χ3v) is 3.86. The largest absolute Gasteiger partial charge is 0.411 e. The van der Waals surface area contributed by atoms with E-state index < -0.39 is 24.1 Å². The van der Waals surface area contributed by atoms with Crippen LogP contribution in [0.25, 0.3) is 0 Å². The fraction of sp³-hybridized carbons (Fsp3) is 0.700. The average molecular weight is 284 g/mol. The highest BCUT2D eigenvalue weighted by Crippen LogP contribution is 2.36. The van der Waals surface area contributed by atoms with Gasteiger partial charge in [0.1, 0.15) is 6.61 Å². The number of carbonyl (C=O) groups excluding carboxylic acids is 1. The number of nitrogens with two attached hydrogens (primary N) is 1. The van der Waals surface area contributed by atoms with Gasteiger partial charge in [-0.15, -0.1) is 0 Å². The van der Waals surface area contributed by atoms with Gasteiger partial charge in [0.2, 0.25) is 0 Å². The van der Waals surface area contributed by atoms with Gasteiger partial charge in [0, 0.05) is 17.1 Å². The Morgan fingerprint density at radius 1 is 1.50 bits per heavy atom. The van der Waals surface area contributed by atoms with Crippen molar-refractivity contribution in [1.29, 1.82) is 0 Å². The summed E-state index contributed by atoms with van der Waals surface area (Å²) in [5, 5.41) is -0.556.